The summed E-state index contributed by atoms with van der Waals surface area (Å²) in [6.45, 7) is 0. The first kappa shape index (κ1) is 11.7. The molecule has 0 saturated heterocycles. The van der Waals surface area contributed by atoms with E-state index in [-0.39, 0.29) is 0 Å². The van der Waals surface area contributed by atoms with E-state index in [0.717, 1.165) is 5.56 Å². The van der Waals surface area contributed by atoms with Crippen molar-refractivity contribution < 1.29 is 9.84 Å². The third-order valence-corrected chi connectivity index (χ3v) is 2.16. The first-order valence-electron chi connectivity index (χ1n) is 4.63. The first-order valence-corrected chi connectivity index (χ1v) is 4.63. The number of hydrogen-bond donors (Lipinski definition) is 2. The summed E-state index contributed by atoms with van der Waals surface area (Å²) in [6, 6.07) is 8.67. The van der Waals surface area contributed by atoms with E-state index in [0.29, 0.717) is 12.0 Å². The average molecular weight is 206 g/mol. The molecule has 0 radical (unpaired) electrons. The highest BCUT2D eigenvalue weighted by Gasteiger charge is 2.13. The summed E-state index contributed by atoms with van der Waals surface area (Å²) in [6.07, 6.45) is -0.443. The van der Waals surface area contributed by atoms with Crippen LogP contribution in [-0.2, 0) is 11.2 Å². The molecule has 3 N–H and O–H groups in total. The van der Waals surface area contributed by atoms with Crippen molar-refractivity contribution in [2.45, 2.75) is 18.8 Å². The molecule has 4 nitrogen and oxygen atoms in total. The monoisotopic (exact) mass is 206 g/mol. The zero-order chi connectivity index (χ0) is 11.3. The smallest absolute Gasteiger partial charge is 0.169 e. The van der Waals surface area contributed by atoms with Gasteiger partial charge >= 0.3 is 0 Å². The predicted molar refractivity (Wildman–Crippen MR) is 55.9 cm³/mol. The first-order chi connectivity index (χ1) is 7.17. The molecule has 0 spiro atoms. The van der Waals surface area contributed by atoms with E-state index in [9.17, 15) is 5.11 Å². The van der Waals surface area contributed by atoms with Crippen molar-refractivity contribution >= 4 is 0 Å². The summed E-state index contributed by atoms with van der Waals surface area (Å²) in [4.78, 5) is 0. The van der Waals surface area contributed by atoms with Gasteiger partial charge in [0.25, 0.3) is 0 Å². The normalized spacial score (nSPS) is 14.3. The van der Waals surface area contributed by atoms with Crippen molar-refractivity contribution in [2.24, 2.45) is 5.73 Å². The Hall–Kier alpha value is -1.41. The van der Waals surface area contributed by atoms with Gasteiger partial charge in [-0.2, -0.15) is 5.26 Å². The topological polar surface area (TPSA) is 79.3 Å². The number of aliphatic hydroxyl groups excluding tert-OH is 1. The van der Waals surface area contributed by atoms with E-state index in [2.05, 4.69) is 0 Å². The minimum absolute atomic E-state index is 0.456. The molecule has 0 bridgehead atoms. The van der Waals surface area contributed by atoms with Crippen LogP contribution in [0.1, 0.15) is 11.1 Å². The highest BCUT2D eigenvalue weighted by atomic mass is 16.6. The lowest BCUT2D eigenvalue weighted by Gasteiger charge is -2.16. The SMILES string of the molecule is COC(O)[C@@H](N)Cc1ccc(C#N)cc1. The molecular formula is C11H14N2O2. The summed E-state index contributed by atoms with van der Waals surface area (Å²) < 4.78 is 4.71. The predicted octanol–water partition coefficient (Wildman–Crippen LogP) is 0.393. The van der Waals surface area contributed by atoms with E-state index in [1.54, 1.807) is 12.1 Å². The quantitative estimate of drug-likeness (QED) is 0.698. The maximum Gasteiger partial charge on any atom is 0.169 e. The Kier molecular flexibility index (Phi) is 4.25. The zero-order valence-corrected chi connectivity index (χ0v) is 8.55. The summed E-state index contributed by atoms with van der Waals surface area (Å²) in [5.41, 5.74) is 7.27. The molecule has 0 aliphatic carbocycles. The van der Waals surface area contributed by atoms with Crippen molar-refractivity contribution in [3.8, 4) is 6.07 Å². The van der Waals surface area contributed by atoms with Gasteiger partial charge < -0.3 is 15.6 Å². The van der Waals surface area contributed by atoms with E-state index in [1.807, 2.05) is 18.2 Å². The van der Waals surface area contributed by atoms with Crippen molar-refractivity contribution in [1.82, 2.24) is 0 Å². The molecular weight excluding hydrogens is 192 g/mol. The molecule has 0 aliphatic heterocycles. The van der Waals surface area contributed by atoms with Gasteiger partial charge in [-0.15, -0.1) is 0 Å². The largest absolute Gasteiger partial charge is 0.367 e. The highest BCUT2D eigenvalue weighted by molar-refractivity contribution is 5.31. The second-order valence-electron chi connectivity index (χ2n) is 3.30. The number of methoxy groups -OCH3 is 1. The lowest BCUT2D eigenvalue weighted by Crippen LogP contribution is -2.37. The van der Waals surface area contributed by atoms with Crippen LogP contribution in [0.4, 0.5) is 0 Å². The molecule has 1 unspecified atom stereocenters. The lowest BCUT2D eigenvalue weighted by molar-refractivity contribution is -0.0890. The van der Waals surface area contributed by atoms with Crippen molar-refractivity contribution in [3.63, 3.8) is 0 Å². The van der Waals surface area contributed by atoms with E-state index >= 15 is 0 Å². The van der Waals surface area contributed by atoms with E-state index < -0.39 is 12.3 Å². The van der Waals surface area contributed by atoms with Crippen LogP contribution < -0.4 is 5.73 Å². The Morgan fingerprint density at radius 2 is 2.07 bits per heavy atom. The fraction of sp³-hybridized carbons (Fsp3) is 0.364. The van der Waals surface area contributed by atoms with Crippen LogP contribution in [0.25, 0.3) is 0 Å². The van der Waals surface area contributed by atoms with Crippen LogP contribution in [0.3, 0.4) is 0 Å². The molecule has 0 aromatic heterocycles. The summed E-state index contributed by atoms with van der Waals surface area (Å²) in [7, 11) is 1.41. The molecule has 1 aromatic rings. The Labute approximate surface area is 88.9 Å². The number of hydrogen-bond acceptors (Lipinski definition) is 4. The molecule has 0 amide bonds. The van der Waals surface area contributed by atoms with Crippen molar-refractivity contribution in [1.29, 1.82) is 5.26 Å². The van der Waals surface area contributed by atoms with Gasteiger partial charge in [-0.05, 0) is 24.1 Å². The van der Waals surface area contributed by atoms with Gasteiger partial charge in [-0.3, -0.25) is 0 Å². The number of nitrogens with two attached hydrogens (primary N) is 1. The third kappa shape index (κ3) is 3.33. The fourth-order valence-corrected chi connectivity index (χ4v) is 1.26. The van der Waals surface area contributed by atoms with E-state index in [1.165, 1.54) is 7.11 Å². The Balaban J connectivity index is 2.61. The minimum atomic E-state index is -0.958. The average Bonchev–Trinajstić information content (AvgIpc) is 2.29. The van der Waals surface area contributed by atoms with Crippen molar-refractivity contribution in [3.05, 3.63) is 35.4 Å². The van der Waals surface area contributed by atoms with Gasteiger partial charge in [0.2, 0.25) is 0 Å². The van der Waals surface area contributed by atoms with Crippen LogP contribution in [0, 0.1) is 11.3 Å². The second kappa shape index (κ2) is 5.47. The number of nitrogens with zero attached hydrogens (tertiary/aromatic N) is 1. The van der Waals surface area contributed by atoms with Gasteiger partial charge in [-0.25, -0.2) is 0 Å². The molecule has 0 fully saturated rings. The van der Waals surface area contributed by atoms with Crippen LogP contribution in [0.5, 0.6) is 0 Å². The summed E-state index contributed by atoms with van der Waals surface area (Å²) in [5, 5.41) is 17.9. The molecule has 2 atom stereocenters. The lowest BCUT2D eigenvalue weighted by atomic mass is 10.0. The van der Waals surface area contributed by atoms with Crippen molar-refractivity contribution in [2.75, 3.05) is 7.11 Å². The molecule has 80 valence electrons. The van der Waals surface area contributed by atoms with Crippen LogP contribution in [0.2, 0.25) is 0 Å². The van der Waals surface area contributed by atoms with E-state index in [4.69, 9.17) is 15.7 Å². The molecule has 1 rings (SSSR count). The molecule has 15 heavy (non-hydrogen) atoms. The number of benzene rings is 1. The van der Waals surface area contributed by atoms with Gasteiger partial charge in [-0.1, -0.05) is 12.1 Å². The molecule has 0 saturated carbocycles. The van der Waals surface area contributed by atoms with Gasteiger partial charge in [0.05, 0.1) is 17.7 Å². The molecule has 0 heterocycles. The fourth-order valence-electron chi connectivity index (χ4n) is 1.26. The molecule has 1 aromatic carbocycles. The van der Waals surface area contributed by atoms with Crippen LogP contribution in [-0.4, -0.2) is 24.5 Å². The standard InChI is InChI=1S/C11H14N2O2/c1-15-11(14)10(13)6-8-2-4-9(7-12)5-3-8/h2-5,10-11,14H,6,13H2,1H3/t10-,11?/m0/s1. The van der Waals surface area contributed by atoms with Gasteiger partial charge in [0.1, 0.15) is 0 Å². The minimum Gasteiger partial charge on any atom is -0.367 e. The van der Waals surface area contributed by atoms with Crippen LogP contribution in [0.15, 0.2) is 24.3 Å². The molecule has 4 heteroatoms. The summed E-state index contributed by atoms with van der Waals surface area (Å²) in [5.74, 6) is 0. The summed E-state index contributed by atoms with van der Waals surface area (Å²) >= 11 is 0. The third-order valence-electron chi connectivity index (χ3n) is 2.16. The zero-order valence-electron chi connectivity index (χ0n) is 8.55. The number of rotatable bonds is 4. The number of nitriles is 1. The maximum absolute atomic E-state index is 9.29. The Bertz CT molecular complexity index is 343. The van der Waals surface area contributed by atoms with Crippen LogP contribution >= 0.6 is 0 Å². The van der Waals surface area contributed by atoms with Gasteiger partial charge in [0, 0.05) is 7.11 Å². The second-order valence-corrected chi connectivity index (χ2v) is 3.30. The Morgan fingerprint density at radius 3 is 2.53 bits per heavy atom. The van der Waals surface area contributed by atoms with Gasteiger partial charge in [0.15, 0.2) is 6.29 Å². The number of aliphatic hydroxyl groups is 1. The number of ether oxygens (including phenoxy) is 1. The highest BCUT2D eigenvalue weighted by Crippen LogP contribution is 2.07. The maximum atomic E-state index is 9.29. The molecule has 0 aliphatic rings. The Morgan fingerprint density at radius 1 is 1.47 bits per heavy atom.